The number of allylic oxidation sites excluding steroid dienone is 2. The first-order valence-electron chi connectivity index (χ1n) is 6.32. The average molecular weight is 239 g/mol. The number of carbonyl (C=O) groups excluding carboxylic acids is 1. The van der Waals surface area contributed by atoms with Gasteiger partial charge in [-0.3, -0.25) is 4.79 Å². The van der Waals surface area contributed by atoms with Gasteiger partial charge in [-0.1, -0.05) is 31.9 Å². The second-order valence-electron chi connectivity index (χ2n) is 4.57. The van der Waals surface area contributed by atoms with Crippen molar-refractivity contribution in [1.29, 1.82) is 0 Å². The molecular weight excluding hydrogens is 218 g/mol. The lowest BCUT2D eigenvalue weighted by Gasteiger charge is -2.15. The Labute approximate surface area is 102 Å². The van der Waals surface area contributed by atoms with Crippen molar-refractivity contribution in [1.82, 2.24) is 5.32 Å². The average Bonchev–Trinajstić information content (AvgIpc) is 2.76. The van der Waals surface area contributed by atoms with E-state index in [-0.39, 0.29) is 11.8 Å². The normalized spacial score (nSPS) is 20.2. The highest BCUT2D eigenvalue weighted by molar-refractivity contribution is 5.83. The van der Waals surface area contributed by atoms with Crippen LogP contribution in [-0.2, 0) is 9.59 Å². The van der Waals surface area contributed by atoms with Crippen LogP contribution in [0.2, 0.25) is 0 Å². The van der Waals surface area contributed by atoms with Gasteiger partial charge >= 0.3 is 5.97 Å². The summed E-state index contributed by atoms with van der Waals surface area (Å²) in [5.74, 6) is -0.797. The van der Waals surface area contributed by atoms with Crippen LogP contribution in [0.25, 0.3) is 0 Å². The molecule has 1 amide bonds. The quantitative estimate of drug-likeness (QED) is 0.669. The molecule has 2 N–H and O–H groups in total. The van der Waals surface area contributed by atoms with Crippen molar-refractivity contribution in [2.45, 2.75) is 51.5 Å². The highest BCUT2D eigenvalue weighted by Gasteiger charge is 2.21. The van der Waals surface area contributed by atoms with Gasteiger partial charge in [-0.25, -0.2) is 4.79 Å². The Bertz CT molecular complexity index is 299. The molecule has 0 spiro atoms. The van der Waals surface area contributed by atoms with E-state index in [1.807, 2.05) is 13.0 Å². The number of aliphatic carboxylic acids is 1. The highest BCUT2D eigenvalue weighted by Crippen LogP contribution is 2.20. The molecule has 0 saturated carbocycles. The largest absolute Gasteiger partial charge is 0.480 e. The summed E-state index contributed by atoms with van der Waals surface area (Å²) in [6.07, 6.45) is 8.82. The summed E-state index contributed by atoms with van der Waals surface area (Å²) >= 11 is 0. The van der Waals surface area contributed by atoms with Gasteiger partial charge in [0.2, 0.25) is 5.91 Å². The predicted molar refractivity (Wildman–Crippen MR) is 65.6 cm³/mol. The molecule has 0 radical (unpaired) electrons. The number of nitrogens with one attached hydrogen (secondary N) is 1. The van der Waals surface area contributed by atoms with E-state index in [0.29, 0.717) is 12.8 Å². The number of amides is 1. The summed E-state index contributed by atoms with van der Waals surface area (Å²) < 4.78 is 0. The molecule has 0 heterocycles. The minimum atomic E-state index is -0.936. The Morgan fingerprint density at radius 2 is 2.29 bits per heavy atom. The van der Waals surface area contributed by atoms with E-state index in [9.17, 15) is 9.59 Å². The molecule has 0 aromatic rings. The minimum Gasteiger partial charge on any atom is -0.480 e. The lowest BCUT2D eigenvalue weighted by molar-refractivity contribution is -0.142. The number of carboxylic acid groups (broad SMARTS) is 1. The van der Waals surface area contributed by atoms with Gasteiger partial charge in [0.1, 0.15) is 6.04 Å². The van der Waals surface area contributed by atoms with Gasteiger partial charge < -0.3 is 10.4 Å². The molecule has 0 saturated heterocycles. The zero-order valence-electron chi connectivity index (χ0n) is 10.3. The molecule has 0 fully saturated rings. The van der Waals surface area contributed by atoms with Crippen molar-refractivity contribution in [3.63, 3.8) is 0 Å². The Morgan fingerprint density at radius 3 is 2.82 bits per heavy atom. The summed E-state index contributed by atoms with van der Waals surface area (Å²) in [5, 5.41) is 11.6. The Hall–Kier alpha value is -1.32. The summed E-state index contributed by atoms with van der Waals surface area (Å²) in [6, 6.07) is -0.729. The van der Waals surface area contributed by atoms with Gasteiger partial charge in [-0.05, 0) is 25.2 Å². The van der Waals surface area contributed by atoms with Crippen LogP contribution >= 0.6 is 0 Å². The number of unbranched alkanes of at least 4 members (excludes halogenated alkanes) is 1. The van der Waals surface area contributed by atoms with Crippen molar-refractivity contribution >= 4 is 11.9 Å². The van der Waals surface area contributed by atoms with E-state index in [1.54, 1.807) is 0 Å². The number of carboxylic acids is 1. The molecular formula is C13H21NO3. The fourth-order valence-corrected chi connectivity index (χ4v) is 2.02. The molecule has 1 aliphatic carbocycles. The maximum atomic E-state index is 11.7. The SMILES string of the molecule is CCCC[C@H](NC(=O)CC1C=CCC1)C(=O)O. The fraction of sp³-hybridized carbons (Fsp3) is 0.692. The molecule has 4 heteroatoms. The predicted octanol–water partition coefficient (Wildman–Crippen LogP) is 2.10. The van der Waals surface area contributed by atoms with Crippen molar-refractivity contribution in [2.75, 3.05) is 0 Å². The van der Waals surface area contributed by atoms with E-state index in [2.05, 4.69) is 11.4 Å². The molecule has 1 unspecified atom stereocenters. The number of rotatable bonds is 7. The number of hydrogen-bond donors (Lipinski definition) is 2. The first-order valence-corrected chi connectivity index (χ1v) is 6.32. The van der Waals surface area contributed by atoms with E-state index >= 15 is 0 Å². The molecule has 0 bridgehead atoms. The van der Waals surface area contributed by atoms with E-state index < -0.39 is 12.0 Å². The van der Waals surface area contributed by atoms with Gasteiger partial charge in [-0.2, -0.15) is 0 Å². The maximum absolute atomic E-state index is 11.7. The Kier molecular flexibility index (Phi) is 5.73. The van der Waals surface area contributed by atoms with Crippen LogP contribution in [0.5, 0.6) is 0 Å². The van der Waals surface area contributed by atoms with Crippen LogP contribution in [0.3, 0.4) is 0 Å². The molecule has 17 heavy (non-hydrogen) atoms. The minimum absolute atomic E-state index is 0.148. The van der Waals surface area contributed by atoms with Crippen LogP contribution in [0.4, 0.5) is 0 Å². The van der Waals surface area contributed by atoms with Gasteiger partial charge in [-0.15, -0.1) is 0 Å². The Balaban J connectivity index is 2.34. The van der Waals surface area contributed by atoms with Crippen LogP contribution in [0.1, 0.15) is 45.4 Å². The third-order valence-corrected chi connectivity index (χ3v) is 3.04. The lowest BCUT2D eigenvalue weighted by atomic mass is 10.0. The molecule has 0 aliphatic heterocycles. The van der Waals surface area contributed by atoms with Crippen LogP contribution in [-0.4, -0.2) is 23.0 Å². The first kappa shape index (κ1) is 13.7. The zero-order chi connectivity index (χ0) is 12.7. The van der Waals surface area contributed by atoms with Crippen LogP contribution in [0, 0.1) is 5.92 Å². The zero-order valence-corrected chi connectivity index (χ0v) is 10.3. The molecule has 2 atom stereocenters. The lowest BCUT2D eigenvalue weighted by Crippen LogP contribution is -2.41. The van der Waals surface area contributed by atoms with Gasteiger partial charge in [0.15, 0.2) is 0 Å². The number of carbonyl (C=O) groups is 2. The standard InChI is InChI=1S/C13H21NO3/c1-2-3-8-11(13(16)17)14-12(15)9-10-6-4-5-7-10/h4,6,10-11H,2-3,5,7-9H2,1H3,(H,14,15)(H,16,17)/t10?,11-/m0/s1. The van der Waals surface area contributed by atoms with Gasteiger partial charge in [0, 0.05) is 6.42 Å². The topological polar surface area (TPSA) is 66.4 Å². The smallest absolute Gasteiger partial charge is 0.326 e. The summed E-state index contributed by atoms with van der Waals surface area (Å²) in [7, 11) is 0. The molecule has 4 nitrogen and oxygen atoms in total. The second-order valence-corrected chi connectivity index (χ2v) is 4.57. The van der Waals surface area contributed by atoms with Crippen LogP contribution < -0.4 is 5.32 Å². The molecule has 96 valence electrons. The second kappa shape index (κ2) is 7.09. The van der Waals surface area contributed by atoms with E-state index in [1.165, 1.54) is 0 Å². The maximum Gasteiger partial charge on any atom is 0.326 e. The van der Waals surface area contributed by atoms with E-state index in [4.69, 9.17) is 5.11 Å². The van der Waals surface area contributed by atoms with Gasteiger partial charge in [0.05, 0.1) is 0 Å². The van der Waals surface area contributed by atoms with E-state index in [0.717, 1.165) is 25.7 Å². The highest BCUT2D eigenvalue weighted by atomic mass is 16.4. The third kappa shape index (κ3) is 5.02. The molecule has 1 rings (SSSR count). The molecule has 0 aromatic heterocycles. The molecule has 1 aliphatic rings. The summed E-state index contributed by atoms with van der Waals surface area (Å²) in [6.45, 7) is 2.00. The first-order chi connectivity index (χ1) is 8.13. The summed E-state index contributed by atoms with van der Waals surface area (Å²) in [4.78, 5) is 22.6. The van der Waals surface area contributed by atoms with Crippen molar-refractivity contribution in [3.05, 3.63) is 12.2 Å². The fourth-order valence-electron chi connectivity index (χ4n) is 2.02. The summed E-state index contributed by atoms with van der Waals surface area (Å²) in [5.41, 5.74) is 0. The van der Waals surface area contributed by atoms with Crippen LogP contribution in [0.15, 0.2) is 12.2 Å². The van der Waals surface area contributed by atoms with Gasteiger partial charge in [0.25, 0.3) is 0 Å². The number of hydrogen-bond acceptors (Lipinski definition) is 2. The third-order valence-electron chi connectivity index (χ3n) is 3.04. The van der Waals surface area contributed by atoms with Crippen molar-refractivity contribution in [2.24, 2.45) is 5.92 Å². The van der Waals surface area contributed by atoms with Crippen molar-refractivity contribution in [3.8, 4) is 0 Å². The Morgan fingerprint density at radius 1 is 1.53 bits per heavy atom. The molecule has 0 aromatic carbocycles. The van der Waals surface area contributed by atoms with Crippen molar-refractivity contribution < 1.29 is 14.7 Å². The monoisotopic (exact) mass is 239 g/mol.